The first kappa shape index (κ1) is 31.4. The second-order valence-corrected chi connectivity index (χ2v) is 14.6. The lowest BCUT2D eigenvalue weighted by molar-refractivity contribution is -0.268. The number of amides is 2. The van der Waals surface area contributed by atoms with E-state index in [0.717, 1.165) is 60.3 Å². The zero-order chi connectivity index (χ0) is 35.6. The highest BCUT2D eigenvalue weighted by atomic mass is 16.7. The minimum Gasteiger partial charge on any atom is -0.375 e. The zero-order valence-electron chi connectivity index (χ0n) is 29.0. The molecule has 10 rings (SSSR count). The SMILES string of the molecule is CO[C@@H]1[C@H](N(C)Cc2ccc(C(=O)ON3C(=O)CCC3=O)cc2)C[C@H]2O[C@]1(C)n1c3ccccc3c3c4c(c5c6ccccc6n2c5c31)C(=O)CC4. The van der Waals surface area contributed by atoms with Crippen molar-refractivity contribution >= 4 is 67.2 Å². The Bertz CT molecular complexity index is 2550. The molecule has 4 atom stereocenters. The predicted octanol–water partition coefficient (Wildman–Crippen LogP) is 6.37. The zero-order valence-corrected chi connectivity index (χ0v) is 29.0. The molecule has 4 aromatic carbocycles. The van der Waals surface area contributed by atoms with Gasteiger partial charge in [0.1, 0.15) is 12.3 Å². The number of para-hydroxylation sites is 2. The average Bonchev–Trinajstić information content (AvgIpc) is 3.87. The molecular weight excluding hydrogens is 660 g/mol. The summed E-state index contributed by atoms with van der Waals surface area (Å²) in [7, 11) is 3.83. The van der Waals surface area contributed by atoms with E-state index in [9.17, 15) is 19.2 Å². The lowest BCUT2D eigenvalue weighted by Gasteiger charge is -2.50. The molecule has 2 bridgehead atoms. The molecular formula is C41H36N4O7. The number of hydrogen-bond acceptors (Lipinski definition) is 8. The summed E-state index contributed by atoms with van der Waals surface area (Å²) in [4.78, 5) is 57.8. The van der Waals surface area contributed by atoms with E-state index in [1.807, 2.05) is 24.3 Å². The van der Waals surface area contributed by atoms with Gasteiger partial charge in [-0.15, -0.1) is 5.06 Å². The van der Waals surface area contributed by atoms with Crippen molar-refractivity contribution in [1.82, 2.24) is 19.1 Å². The van der Waals surface area contributed by atoms with E-state index in [1.165, 1.54) is 0 Å². The molecule has 2 saturated heterocycles. The Balaban J connectivity index is 1.09. The van der Waals surface area contributed by atoms with Gasteiger partial charge >= 0.3 is 5.97 Å². The van der Waals surface area contributed by atoms with Crippen molar-refractivity contribution in [3.05, 3.63) is 95.1 Å². The molecule has 11 heteroatoms. The smallest absolute Gasteiger partial charge is 0.363 e. The number of aromatic nitrogens is 2. The van der Waals surface area contributed by atoms with Crippen LogP contribution in [0, 0.1) is 0 Å². The van der Waals surface area contributed by atoms with Gasteiger partial charge in [-0.3, -0.25) is 19.3 Å². The number of methoxy groups -OCH3 is 1. The van der Waals surface area contributed by atoms with E-state index < -0.39 is 29.6 Å². The summed E-state index contributed by atoms with van der Waals surface area (Å²) in [5.41, 5.74) is 6.44. The molecule has 2 aromatic heterocycles. The molecule has 0 spiro atoms. The summed E-state index contributed by atoms with van der Waals surface area (Å²) in [6.45, 7) is 2.68. The Morgan fingerprint density at radius 2 is 1.54 bits per heavy atom. The fraction of sp³-hybridized carbons (Fsp3) is 0.317. The summed E-state index contributed by atoms with van der Waals surface area (Å²) in [5.74, 6) is -1.59. The Hall–Kier alpha value is -5.36. The number of Topliss-reactive ketones (excluding diaryl/α,β-unsaturated/α-hetero) is 1. The van der Waals surface area contributed by atoms with Gasteiger partial charge in [0.15, 0.2) is 11.5 Å². The number of nitrogens with zero attached hydrogens (tertiary/aromatic N) is 4. The number of hydrogen-bond donors (Lipinski definition) is 0. The average molecular weight is 697 g/mol. The van der Waals surface area contributed by atoms with Gasteiger partial charge < -0.3 is 23.4 Å². The lowest BCUT2D eigenvalue weighted by atomic mass is 9.91. The highest BCUT2D eigenvalue weighted by molar-refractivity contribution is 6.31. The topological polar surface area (TPSA) is 112 Å². The number of aryl methyl sites for hydroxylation is 1. The molecule has 0 radical (unpaired) electrons. The number of ketones is 1. The fourth-order valence-corrected chi connectivity index (χ4v) is 9.62. The van der Waals surface area contributed by atoms with Crippen molar-refractivity contribution in [2.24, 2.45) is 0 Å². The van der Waals surface area contributed by atoms with Crippen LogP contribution in [0.4, 0.5) is 0 Å². The molecule has 0 unspecified atom stereocenters. The second kappa shape index (κ2) is 11.1. The Labute approximate surface area is 298 Å². The van der Waals surface area contributed by atoms with Crippen molar-refractivity contribution in [3.8, 4) is 0 Å². The fourth-order valence-electron chi connectivity index (χ4n) is 9.62. The van der Waals surface area contributed by atoms with E-state index in [1.54, 1.807) is 19.2 Å². The van der Waals surface area contributed by atoms with Crippen LogP contribution in [-0.2, 0) is 42.6 Å². The lowest BCUT2D eigenvalue weighted by Crippen LogP contribution is -2.60. The molecule has 5 heterocycles. The summed E-state index contributed by atoms with van der Waals surface area (Å²) in [6.07, 6.45) is 1.16. The van der Waals surface area contributed by atoms with E-state index in [-0.39, 0.29) is 36.5 Å². The van der Waals surface area contributed by atoms with Crippen LogP contribution in [-0.4, -0.2) is 69.0 Å². The Morgan fingerprint density at radius 1 is 0.865 bits per heavy atom. The van der Waals surface area contributed by atoms with E-state index in [0.29, 0.717) is 30.9 Å². The number of likely N-dealkylation sites (N-methyl/N-ethyl adjacent to an activating group) is 1. The van der Waals surface area contributed by atoms with E-state index >= 15 is 0 Å². The number of imide groups is 1. The van der Waals surface area contributed by atoms with Crippen molar-refractivity contribution in [1.29, 1.82) is 0 Å². The number of carbonyl (C=O) groups excluding carboxylic acids is 4. The minimum atomic E-state index is -0.931. The van der Waals surface area contributed by atoms with Gasteiger partial charge in [-0.25, -0.2) is 4.79 Å². The van der Waals surface area contributed by atoms with Crippen LogP contribution in [0.2, 0.25) is 0 Å². The van der Waals surface area contributed by atoms with Gasteiger partial charge in [0.05, 0.1) is 27.6 Å². The first-order valence-corrected chi connectivity index (χ1v) is 17.8. The third kappa shape index (κ3) is 4.12. The standard InChI is InChI=1S/C41H36N4O7/c1-41-39(50-3)29(42(2)21-22-12-14-23(15-13-22)40(49)52-45-31(47)18-19-32(45)48)20-33(51-41)43-27-10-6-4-8-24(27)36-35-26(16-17-30(35)46)34-25-9-5-7-11-28(25)44(41)38(34)37(36)43/h4-15,29,33,39H,16-21H2,1-3H3/t29-,33-,39-,41+/m1/s1. The third-order valence-electron chi connectivity index (χ3n) is 11.8. The molecule has 11 nitrogen and oxygen atoms in total. The molecule has 0 N–H and O–H groups in total. The van der Waals surface area contributed by atoms with Crippen molar-refractivity contribution in [2.45, 2.75) is 69.7 Å². The largest absolute Gasteiger partial charge is 0.375 e. The normalized spacial score (nSPS) is 24.0. The number of ether oxygens (including phenoxy) is 2. The first-order valence-electron chi connectivity index (χ1n) is 17.8. The number of benzene rings is 4. The number of fused-ring (bicyclic) bond motifs is 13. The van der Waals surface area contributed by atoms with Gasteiger partial charge in [0.2, 0.25) is 0 Å². The second-order valence-electron chi connectivity index (χ2n) is 14.6. The molecule has 6 aromatic rings. The molecule has 52 heavy (non-hydrogen) atoms. The van der Waals surface area contributed by atoms with Gasteiger partial charge in [0.25, 0.3) is 11.8 Å². The van der Waals surface area contributed by atoms with E-state index in [4.69, 9.17) is 14.3 Å². The van der Waals surface area contributed by atoms with Gasteiger partial charge in [-0.2, -0.15) is 0 Å². The van der Waals surface area contributed by atoms with Crippen LogP contribution >= 0.6 is 0 Å². The summed E-state index contributed by atoms with van der Waals surface area (Å²) in [5, 5.41) is 4.87. The van der Waals surface area contributed by atoms with Crippen LogP contribution in [0.5, 0.6) is 0 Å². The first-order chi connectivity index (χ1) is 25.2. The van der Waals surface area contributed by atoms with Gasteiger partial charge in [-0.05, 0) is 55.8 Å². The van der Waals surface area contributed by atoms with E-state index in [2.05, 4.69) is 64.4 Å². The maximum atomic E-state index is 13.8. The molecule has 2 fully saturated rings. The number of hydroxylamine groups is 2. The summed E-state index contributed by atoms with van der Waals surface area (Å²) >= 11 is 0. The summed E-state index contributed by atoms with van der Waals surface area (Å²) in [6, 6.07) is 23.7. The predicted molar refractivity (Wildman–Crippen MR) is 192 cm³/mol. The highest BCUT2D eigenvalue weighted by Gasteiger charge is 2.54. The van der Waals surface area contributed by atoms with Crippen molar-refractivity contribution in [2.75, 3.05) is 14.2 Å². The maximum absolute atomic E-state index is 13.8. The van der Waals surface area contributed by atoms with Crippen LogP contribution in [0.3, 0.4) is 0 Å². The molecule has 1 aliphatic carbocycles. The van der Waals surface area contributed by atoms with Crippen molar-refractivity contribution < 1.29 is 33.5 Å². The minimum absolute atomic E-state index is 0.0384. The van der Waals surface area contributed by atoms with Crippen molar-refractivity contribution in [3.63, 3.8) is 0 Å². The third-order valence-corrected chi connectivity index (χ3v) is 11.8. The highest BCUT2D eigenvalue weighted by Crippen LogP contribution is 2.54. The Morgan fingerprint density at radius 3 is 2.25 bits per heavy atom. The molecule has 4 aliphatic rings. The maximum Gasteiger partial charge on any atom is 0.363 e. The van der Waals surface area contributed by atoms with Crippen LogP contribution in [0.25, 0.3) is 43.6 Å². The van der Waals surface area contributed by atoms with Crippen LogP contribution < -0.4 is 0 Å². The monoisotopic (exact) mass is 696 g/mol. The van der Waals surface area contributed by atoms with Crippen LogP contribution in [0.1, 0.15) is 70.7 Å². The molecule has 0 saturated carbocycles. The Kier molecular flexibility index (Phi) is 6.68. The van der Waals surface area contributed by atoms with Gasteiger partial charge in [0, 0.05) is 72.5 Å². The molecule has 262 valence electrons. The molecule has 2 amide bonds. The molecule has 3 aliphatic heterocycles. The quantitative estimate of drug-likeness (QED) is 0.185. The van der Waals surface area contributed by atoms with Crippen LogP contribution in [0.15, 0.2) is 72.8 Å². The summed E-state index contributed by atoms with van der Waals surface area (Å²) < 4.78 is 18.5. The van der Waals surface area contributed by atoms with Gasteiger partial charge in [-0.1, -0.05) is 48.5 Å². The number of carbonyl (C=O) groups is 4. The number of rotatable bonds is 6.